The molecule has 0 saturated heterocycles. The molecule has 4 rings (SSSR count). The third kappa shape index (κ3) is 5.27. The van der Waals surface area contributed by atoms with Gasteiger partial charge in [-0.1, -0.05) is 59.6 Å². The second-order valence-corrected chi connectivity index (χ2v) is 9.55. The Bertz CT molecular complexity index is 1430. The molecule has 0 aliphatic carbocycles. The number of rotatable bonds is 7. The van der Waals surface area contributed by atoms with Gasteiger partial charge in [-0.25, -0.2) is 9.07 Å². The molecular weight excluding hydrogens is 504 g/mol. The van der Waals surface area contributed by atoms with Crippen molar-refractivity contribution in [2.24, 2.45) is 0 Å². The number of carboxylic acids is 1. The van der Waals surface area contributed by atoms with Crippen molar-refractivity contribution < 1.29 is 19.1 Å². The summed E-state index contributed by atoms with van der Waals surface area (Å²) < 4.78 is 14.9. The molecule has 6 nitrogen and oxygen atoms in total. The maximum atomic E-state index is 13.6. The number of para-hydroxylation sites is 1. The van der Waals surface area contributed by atoms with Gasteiger partial charge in [0.2, 0.25) is 0 Å². The molecule has 0 fully saturated rings. The number of amides is 1. The van der Waals surface area contributed by atoms with E-state index < -0.39 is 29.7 Å². The number of carbonyl (C=O) groups is 2. The number of hydrogen-bond donors (Lipinski definition) is 2. The summed E-state index contributed by atoms with van der Waals surface area (Å²) in [4.78, 5) is 25.4. The van der Waals surface area contributed by atoms with Gasteiger partial charge in [0.25, 0.3) is 5.91 Å². The molecule has 0 radical (unpaired) electrons. The van der Waals surface area contributed by atoms with Crippen molar-refractivity contribution in [2.45, 2.75) is 25.8 Å². The van der Waals surface area contributed by atoms with E-state index >= 15 is 0 Å². The van der Waals surface area contributed by atoms with Gasteiger partial charge in [-0.2, -0.15) is 5.10 Å². The van der Waals surface area contributed by atoms with E-state index in [0.717, 1.165) is 0 Å². The molecule has 0 unspecified atom stereocenters. The van der Waals surface area contributed by atoms with E-state index in [4.69, 9.17) is 23.2 Å². The topological polar surface area (TPSA) is 84.2 Å². The van der Waals surface area contributed by atoms with Crippen LogP contribution in [-0.4, -0.2) is 26.8 Å². The summed E-state index contributed by atoms with van der Waals surface area (Å²) in [5.74, 6) is -2.10. The summed E-state index contributed by atoms with van der Waals surface area (Å²) in [6, 6.07) is 19.5. The molecule has 0 saturated carbocycles. The van der Waals surface area contributed by atoms with Crippen LogP contribution in [0.4, 0.5) is 4.39 Å². The molecule has 184 valence electrons. The lowest BCUT2D eigenvalue weighted by atomic mass is 9.93. The van der Waals surface area contributed by atoms with Gasteiger partial charge in [-0.3, -0.25) is 9.59 Å². The normalized spacial score (nSPS) is 11.4. The summed E-state index contributed by atoms with van der Waals surface area (Å²) in [5.41, 5.74) is 1.43. The van der Waals surface area contributed by atoms with E-state index in [-0.39, 0.29) is 11.3 Å². The van der Waals surface area contributed by atoms with Crippen LogP contribution in [0.3, 0.4) is 0 Å². The third-order valence-corrected chi connectivity index (χ3v) is 6.29. The first-order chi connectivity index (χ1) is 17.1. The molecule has 0 spiro atoms. The Morgan fingerprint density at radius 1 is 1.00 bits per heavy atom. The fourth-order valence-corrected chi connectivity index (χ4v) is 4.28. The average Bonchev–Trinajstić information content (AvgIpc) is 3.18. The smallest absolute Gasteiger partial charge is 0.307 e. The number of nitrogens with one attached hydrogen (secondary N) is 1. The molecule has 0 aliphatic heterocycles. The molecule has 1 heterocycles. The van der Waals surface area contributed by atoms with Crippen molar-refractivity contribution in [1.29, 1.82) is 0 Å². The average molecular weight is 526 g/mol. The molecule has 0 atom stereocenters. The fraction of sp³-hybridized carbons (Fsp3) is 0.148. The highest BCUT2D eigenvalue weighted by Crippen LogP contribution is 2.33. The summed E-state index contributed by atoms with van der Waals surface area (Å²) in [7, 11) is 0. The van der Waals surface area contributed by atoms with E-state index in [1.165, 1.54) is 16.8 Å². The Hall–Kier alpha value is -3.68. The van der Waals surface area contributed by atoms with Crippen LogP contribution in [0.15, 0.2) is 72.8 Å². The number of nitrogens with zero attached hydrogens (tertiary/aromatic N) is 2. The van der Waals surface area contributed by atoms with Crippen molar-refractivity contribution in [3.63, 3.8) is 0 Å². The summed E-state index contributed by atoms with van der Waals surface area (Å²) >= 11 is 12.5. The molecular formula is C27H22Cl2FN3O3. The molecule has 0 bridgehead atoms. The predicted octanol–water partition coefficient (Wildman–Crippen LogP) is 6.28. The third-order valence-electron chi connectivity index (χ3n) is 5.72. The Morgan fingerprint density at radius 3 is 2.25 bits per heavy atom. The van der Waals surface area contributed by atoms with Gasteiger partial charge in [-0.05, 0) is 55.8 Å². The molecule has 9 heteroatoms. The van der Waals surface area contributed by atoms with Crippen LogP contribution in [-0.2, 0) is 16.8 Å². The molecule has 36 heavy (non-hydrogen) atoms. The Kier molecular flexibility index (Phi) is 7.15. The van der Waals surface area contributed by atoms with Crippen molar-refractivity contribution in [3.8, 4) is 16.9 Å². The number of aromatic nitrogens is 2. The van der Waals surface area contributed by atoms with Gasteiger partial charge in [0.15, 0.2) is 5.69 Å². The monoisotopic (exact) mass is 525 g/mol. The van der Waals surface area contributed by atoms with Gasteiger partial charge in [0.1, 0.15) is 5.82 Å². The first-order valence-corrected chi connectivity index (χ1v) is 11.8. The maximum absolute atomic E-state index is 13.6. The van der Waals surface area contributed by atoms with Gasteiger partial charge in [0.05, 0.1) is 28.4 Å². The largest absolute Gasteiger partial charge is 0.481 e. The highest BCUT2D eigenvalue weighted by Gasteiger charge is 2.31. The van der Waals surface area contributed by atoms with Crippen LogP contribution in [0.25, 0.3) is 16.9 Å². The minimum absolute atomic E-state index is 0.0579. The SMILES string of the molecule is CC(C)(NC(=O)c1nn(-c2ccccc2Cl)c(-c2ccc(Cl)cc2)c1CC(=O)O)c1ccc(F)cc1. The van der Waals surface area contributed by atoms with E-state index in [2.05, 4.69) is 10.4 Å². The van der Waals surface area contributed by atoms with Gasteiger partial charge in [-0.15, -0.1) is 0 Å². The first kappa shape index (κ1) is 25.4. The highest BCUT2D eigenvalue weighted by atomic mass is 35.5. The second-order valence-electron chi connectivity index (χ2n) is 8.70. The van der Waals surface area contributed by atoms with E-state index in [1.54, 1.807) is 74.5 Å². The zero-order valence-corrected chi connectivity index (χ0v) is 20.9. The number of aliphatic carboxylic acids is 1. The number of carboxylic acid groups (broad SMARTS) is 1. The minimum Gasteiger partial charge on any atom is -0.481 e. The number of hydrogen-bond acceptors (Lipinski definition) is 3. The van der Waals surface area contributed by atoms with E-state index in [9.17, 15) is 19.1 Å². The Balaban J connectivity index is 1.89. The molecule has 0 aliphatic rings. The lowest BCUT2D eigenvalue weighted by molar-refractivity contribution is -0.136. The number of benzene rings is 3. The van der Waals surface area contributed by atoms with Gasteiger partial charge < -0.3 is 10.4 Å². The van der Waals surface area contributed by atoms with Crippen LogP contribution in [0, 0.1) is 5.82 Å². The molecule has 1 aromatic heterocycles. The predicted molar refractivity (Wildman–Crippen MR) is 137 cm³/mol. The van der Waals surface area contributed by atoms with Crippen molar-refractivity contribution in [1.82, 2.24) is 15.1 Å². The minimum atomic E-state index is -1.13. The van der Waals surface area contributed by atoms with Crippen LogP contribution in [0.2, 0.25) is 10.0 Å². The lowest BCUT2D eigenvalue weighted by Crippen LogP contribution is -2.41. The Labute approximate surface area is 217 Å². The number of carbonyl (C=O) groups excluding carboxylic acids is 1. The first-order valence-electron chi connectivity index (χ1n) is 11.0. The van der Waals surface area contributed by atoms with E-state index in [0.29, 0.717) is 32.6 Å². The quantitative estimate of drug-likeness (QED) is 0.297. The van der Waals surface area contributed by atoms with Crippen molar-refractivity contribution >= 4 is 35.1 Å². The van der Waals surface area contributed by atoms with E-state index in [1.807, 2.05) is 0 Å². The molecule has 4 aromatic rings. The zero-order chi connectivity index (χ0) is 26.0. The van der Waals surface area contributed by atoms with Crippen LogP contribution in [0.1, 0.15) is 35.5 Å². The van der Waals surface area contributed by atoms with Crippen LogP contribution in [0.5, 0.6) is 0 Å². The fourth-order valence-electron chi connectivity index (χ4n) is 3.94. The van der Waals surface area contributed by atoms with Gasteiger partial charge in [0, 0.05) is 16.1 Å². The van der Waals surface area contributed by atoms with Crippen molar-refractivity contribution in [2.75, 3.05) is 0 Å². The summed E-state index contributed by atoms with van der Waals surface area (Å²) in [6.07, 6.45) is -0.456. The van der Waals surface area contributed by atoms with Crippen LogP contribution < -0.4 is 5.32 Å². The number of halogens is 3. The van der Waals surface area contributed by atoms with Crippen LogP contribution >= 0.6 is 23.2 Å². The van der Waals surface area contributed by atoms with Gasteiger partial charge >= 0.3 is 5.97 Å². The van der Waals surface area contributed by atoms with Crippen molar-refractivity contribution in [3.05, 3.63) is 105 Å². The zero-order valence-electron chi connectivity index (χ0n) is 19.4. The highest BCUT2D eigenvalue weighted by molar-refractivity contribution is 6.32. The maximum Gasteiger partial charge on any atom is 0.307 e. The summed E-state index contributed by atoms with van der Waals surface area (Å²) in [5, 5.41) is 18.0. The molecule has 3 aromatic carbocycles. The standard InChI is InChI=1S/C27H22Cl2FN3O3/c1-27(2,17-9-13-19(30)14-10-17)31-26(36)24-20(15-23(34)35)25(16-7-11-18(28)12-8-16)33(32-24)22-6-4-3-5-21(22)29/h3-14H,15H2,1-2H3,(H,31,36)(H,34,35). The second kappa shape index (κ2) is 10.1. The summed E-state index contributed by atoms with van der Waals surface area (Å²) in [6.45, 7) is 3.53. The molecule has 1 amide bonds. The lowest BCUT2D eigenvalue weighted by Gasteiger charge is -2.26. The molecule has 2 N–H and O–H groups in total. The Morgan fingerprint density at radius 2 is 1.64 bits per heavy atom.